The van der Waals surface area contributed by atoms with Crippen LogP contribution in [0.5, 0.6) is 11.5 Å². The molecule has 0 saturated carbocycles. The molecular formula is C23H33N5O2. The molecule has 0 atom stereocenters. The van der Waals surface area contributed by atoms with E-state index in [1.54, 1.807) is 14.2 Å². The van der Waals surface area contributed by atoms with Gasteiger partial charge in [-0.15, -0.1) is 0 Å². The van der Waals surface area contributed by atoms with Gasteiger partial charge in [0.15, 0.2) is 5.96 Å². The van der Waals surface area contributed by atoms with Crippen LogP contribution >= 0.6 is 0 Å². The first-order valence-electron chi connectivity index (χ1n) is 10.6. The summed E-state index contributed by atoms with van der Waals surface area (Å²) in [6, 6.07) is 11.8. The predicted molar refractivity (Wildman–Crippen MR) is 122 cm³/mol. The van der Waals surface area contributed by atoms with Gasteiger partial charge in [-0.2, -0.15) is 0 Å². The molecular weight excluding hydrogens is 378 g/mol. The number of rotatable bonds is 8. The standard InChI is InChI=1S/C23H33N5O2/c1-18-10-13-28(14-11-18)22-9-4-19(16-26-22)17-27-23(24-2)25-12-15-30-21-7-5-20(29-3)6-8-21/h4-9,16,18H,10-15,17H2,1-3H3,(H2,24,25,27). The van der Waals surface area contributed by atoms with Gasteiger partial charge in [-0.3, -0.25) is 4.99 Å². The quantitative estimate of drug-likeness (QED) is 0.395. The van der Waals surface area contributed by atoms with Crippen molar-refractivity contribution in [2.75, 3.05) is 45.3 Å². The number of anilines is 1. The molecule has 1 saturated heterocycles. The average Bonchev–Trinajstić information content (AvgIpc) is 2.80. The summed E-state index contributed by atoms with van der Waals surface area (Å²) in [4.78, 5) is 11.3. The molecule has 1 aromatic heterocycles. The van der Waals surface area contributed by atoms with Gasteiger partial charge in [-0.25, -0.2) is 4.98 Å². The second kappa shape index (κ2) is 11.3. The second-order valence-corrected chi connectivity index (χ2v) is 7.57. The Kier molecular flexibility index (Phi) is 8.18. The van der Waals surface area contributed by atoms with Crippen LogP contribution < -0.4 is 25.0 Å². The molecule has 0 unspecified atom stereocenters. The van der Waals surface area contributed by atoms with Gasteiger partial charge in [0.2, 0.25) is 0 Å². The second-order valence-electron chi connectivity index (χ2n) is 7.57. The van der Waals surface area contributed by atoms with Gasteiger partial charge in [0.05, 0.1) is 13.7 Å². The number of benzene rings is 1. The van der Waals surface area contributed by atoms with Gasteiger partial charge in [0.25, 0.3) is 0 Å². The zero-order valence-corrected chi connectivity index (χ0v) is 18.2. The van der Waals surface area contributed by atoms with Gasteiger partial charge >= 0.3 is 0 Å². The van der Waals surface area contributed by atoms with Crippen LogP contribution in [0.25, 0.3) is 0 Å². The summed E-state index contributed by atoms with van der Waals surface area (Å²) < 4.78 is 10.9. The number of pyridine rings is 1. The van der Waals surface area contributed by atoms with Gasteiger partial charge in [0.1, 0.15) is 23.9 Å². The van der Waals surface area contributed by atoms with Crippen molar-refractivity contribution >= 4 is 11.8 Å². The monoisotopic (exact) mass is 411 g/mol. The minimum Gasteiger partial charge on any atom is -0.497 e. The van der Waals surface area contributed by atoms with Crippen molar-refractivity contribution in [3.05, 3.63) is 48.2 Å². The predicted octanol–water partition coefficient (Wildman–Crippen LogP) is 3.07. The van der Waals surface area contributed by atoms with Crippen molar-refractivity contribution in [2.24, 2.45) is 10.9 Å². The van der Waals surface area contributed by atoms with Gasteiger partial charge in [-0.1, -0.05) is 13.0 Å². The molecule has 0 bridgehead atoms. The average molecular weight is 412 g/mol. The highest BCUT2D eigenvalue weighted by molar-refractivity contribution is 5.79. The van der Waals surface area contributed by atoms with E-state index >= 15 is 0 Å². The van der Waals surface area contributed by atoms with Gasteiger partial charge in [0, 0.05) is 32.9 Å². The van der Waals surface area contributed by atoms with Crippen molar-refractivity contribution in [1.29, 1.82) is 0 Å². The number of hydrogen-bond acceptors (Lipinski definition) is 5. The molecule has 30 heavy (non-hydrogen) atoms. The number of aromatic nitrogens is 1. The summed E-state index contributed by atoms with van der Waals surface area (Å²) in [5.74, 6) is 4.27. The Balaban J connectivity index is 1.37. The maximum Gasteiger partial charge on any atom is 0.191 e. The Bertz CT molecular complexity index is 784. The number of ether oxygens (including phenoxy) is 2. The molecule has 1 fully saturated rings. The number of hydrogen-bond donors (Lipinski definition) is 2. The largest absolute Gasteiger partial charge is 0.497 e. The topological polar surface area (TPSA) is 71.0 Å². The van der Waals surface area contributed by atoms with E-state index in [1.165, 1.54) is 12.8 Å². The molecule has 0 radical (unpaired) electrons. The first kappa shape index (κ1) is 21.7. The number of methoxy groups -OCH3 is 1. The van der Waals surface area contributed by atoms with E-state index in [9.17, 15) is 0 Å². The third kappa shape index (κ3) is 6.54. The first-order valence-corrected chi connectivity index (χ1v) is 10.6. The molecule has 7 nitrogen and oxygen atoms in total. The highest BCUT2D eigenvalue weighted by Gasteiger charge is 2.16. The maximum absolute atomic E-state index is 5.73. The van der Waals surface area contributed by atoms with E-state index in [0.717, 1.165) is 47.8 Å². The van der Waals surface area contributed by atoms with Crippen molar-refractivity contribution in [1.82, 2.24) is 15.6 Å². The smallest absolute Gasteiger partial charge is 0.191 e. The van der Waals surface area contributed by atoms with Crippen LogP contribution in [0.4, 0.5) is 5.82 Å². The molecule has 162 valence electrons. The van der Waals surface area contributed by atoms with Crippen molar-refractivity contribution in [3.8, 4) is 11.5 Å². The summed E-state index contributed by atoms with van der Waals surface area (Å²) in [5.41, 5.74) is 1.13. The summed E-state index contributed by atoms with van der Waals surface area (Å²) in [6.45, 7) is 6.38. The summed E-state index contributed by atoms with van der Waals surface area (Å²) in [5, 5.41) is 6.58. The summed E-state index contributed by atoms with van der Waals surface area (Å²) in [7, 11) is 3.41. The fourth-order valence-electron chi connectivity index (χ4n) is 3.36. The number of aliphatic imine (C=N–C) groups is 1. The van der Waals surface area contributed by atoms with Gasteiger partial charge in [-0.05, 0) is 54.7 Å². The van der Waals surface area contributed by atoms with Crippen LogP contribution in [0.3, 0.4) is 0 Å². The third-order valence-corrected chi connectivity index (χ3v) is 5.32. The van der Waals surface area contributed by atoms with Crippen LogP contribution in [0, 0.1) is 5.92 Å². The lowest BCUT2D eigenvalue weighted by molar-refractivity contribution is 0.321. The molecule has 0 amide bonds. The van der Waals surface area contributed by atoms with E-state index in [2.05, 4.69) is 44.6 Å². The summed E-state index contributed by atoms with van der Waals surface area (Å²) in [6.07, 6.45) is 4.44. The minimum atomic E-state index is 0.539. The highest BCUT2D eigenvalue weighted by atomic mass is 16.5. The van der Waals surface area contributed by atoms with E-state index in [0.29, 0.717) is 19.7 Å². The highest BCUT2D eigenvalue weighted by Crippen LogP contribution is 2.21. The third-order valence-electron chi connectivity index (χ3n) is 5.32. The van der Waals surface area contributed by atoms with Crippen molar-refractivity contribution in [2.45, 2.75) is 26.3 Å². The molecule has 3 rings (SSSR count). The lowest BCUT2D eigenvalue weighted by atomic mass is 9.99. The fourth-order valence-corrected chi connectivity index (χ4v) is 3.36. The Morgan fingerprint density at radius 2 is 1.83 bits per heavy atom. The normalized spacial score (nSPS) is 15.0. The molecule has 2 heterocycles. The SMILES string of the molecule is CN=C(NCCOc1ccc(OC)cc1)NCc1ccc(N2CCC(C)CC2)nc1. The number of guanidine groups is 1. The van der Waals surface area contributed by atoms with Gasteiger partial charge < -0.3 is 25.0 Å². The Hall–Kier alpha value is -2.96. The van der Waals surface area contributed by atoms with E-state index in [-0.39, 0.29) is 0 Å². The molecule has 2 aromatic rings. The molecule has 0 aliphatic carbocycles. The van der Waals surface area contributed by atoms with Crippen LogP contribution in [-0.2, 0) is 6.54 Å². The minimum absolute atomic E-state index is 0.539. The number of piperidine rings is 1. The number of nitrogens with zero attached hydrogens (tertiary/aromatic N) is 3. The van der Waals surface area contributed by atoms with E-state index in [1.807, 2.05) is 30.5 Å². The fraction of sp³-hybridized carbons (Fsp3) is 0.478. The molecule has 0 spiro atoms. The molecule has 1 aliphatic rings. The zero-order chi connectivity index (χ0) is 21.2. The van der Waals surface area contributed by atoms with Crippen LogP contribution in [0.15, 0.2) is 47.6 Å². The molecule has 2 N–H and O–H groups in total. The molecule has 7 heteroatoms. The van der Waals surface area contributed by atoms with Crippen LogP contribution in [0.2, 0.25) is 0 Å². The van der Waals surface area contributed by atoms with E-state index < -0.39 is 0 Å². The Morgan fingerprint density at radius 1 is 1.10 bits per heavy atom. The number of nitrogens with one attached hydrogen (secondary N) is 2. The molecule has 1 aliphatic heterocycles. The van der Waals surface area contributed by atoms with Crippen molar-refractivity contribution < 1.29 is 9.47 Å². The Labute approximate surface area is 179 Å². The summed E-state index contributed by atoms with van der Waals surface area (Å²) >= 11 is 0. The lowest BCUT2D eigenvalue weighted by Gasteiger charge is -2.31. The maximum atomic E-state index is 5.73. The first-order chi connectivity index (χ1) is 14.7. The molecule has 1 aromatic carbocycles. The van der Waals surface area contributed by atoms with E-state index in [4.69, 9.17) is 9.47 Å². The van der Waals surface area contributed by atoms with Crippen LogP contribution in [0.1, 0.15) is 25.3 Å². The zero-order valence-electron chi connectivity index (χ0n) is 18.2. The Morgan fingerprint density at radius 3 is 2.47 bits per heavy atom. The van der Waals surface area contributed by atoms with Crippen molar-refractivity contribution in [3.63, 3.8) is 0 Å². The van der Waals surface area contributed by atoms with Crippen LogP contribution in [-0.4, -0.2) is 51.3 Å². The lowest BCUT2D eigenvalue weighted by Crippen LogP contribution is -2.39.